The standard InChI is InChI=1S/C15H17N3O3/c19-12-3-1-11(2-4-12)17-15(20)13-9-14(21-18-13)10-5-7-16-8-6-10/h5-9,11-12,19H,1-4H2,(H,17,20). The number of aromatic nitrogens is 2. The van der Waals surface area contributed by atoms with E-state index >= 15 is 0 Å². The summed E-state index contributed by atoms with van der Waals surface area (Å²) in [6, 6.07) is 5.32. The maximum absolute atomic E-state index is 12.1. The number of hydrogen-bond donors (Lipinski definition) is 2. The molecule has 2 N–H and O–H groups in total. The van der Waals surface area contributed by atoms with Gasteiger partial charge in [-0.2, -0.15) is 0 Å². The van der Waals surface area contributed by atoms with Crippen molar-refractivity contribution in [3.8, 4) is 11.3 Å². The van der Waals surface area contributed by atoms with Gasteiger partial charge in [0.15, 0.2) is 11.5 Å². The van der Waals surface area contributed by atoms with Crippen LogP contribution in [0.2, 0.25) is 0 Å². The van der Waals surface area contributed by atoms with Crippen LogP contribution in [0.1, 0.15) is 36.2 Å². The van der Waals surface area contributed by atoms with E-state index in [2.05, 4.69) is 15.5 Å². The molecule has 6 heteroatoms. The van der Waals surface area contributed by atoms with Gasteiger partial charge >= 0.3 is 0 Å². The zero-order valence-corrected chi connectivity index (χ0v) is 11.5. The Kier molecular flexibility index (Phi) is 3.96. The van der Waals surface area contributed by atoms with Crippen LogP contribution in [0.25, 0.3) is 11.3 Å². The number of aliphatic hydroxyl groups excluding tert-OH is 1. The molecule has 1 amide bonds. The monoisotopic (exact) mass is 287 g/mol. The first-order valence-electron chi connectivity index (χ1n) is 7.08. The molecular formula is C15H17N3O3. The topological polar surface area (TPSA) is 88.2 Å². The van der Waals surface area contributed by atoms with Crippen LogP contribution in [-0.4, -0.2) is 33.3 Å². The molecule has 1 aliphatic rings. The highest BCUT2D eigenvalue weighted by Crippen LogP contribution is 2.21. The molecule has 0 spiro atoms. The first kappa shape index (κ1) is 13.8. The van der Waals surface area contributed by atoms with E-state index in [4.69, 9.17) is 4.52 Å². The summed E-state index contributed by atoms with van der Waals surface area (Å²) in [6.07, 6.45) is 6.13. The molecule has 0 unspecified atom stereocenters. The molecule has 1 aliphatic carbocycles. The zero-order valence-electron chi connectivity index (χ0n) is 11.5. The Morgan fingerprint density at radius 1 is 1.24 bits per heavy atom. The van der Waals surface area contributed by atoms with Gasteiger partial charge in [-0.15, -0.1) is 0 Å². The second-order valence-corrected chi connectivity index (χ2v) is 5.29. The van der Waals surface area contributed by atoms with Gasteiger partial charge in [0.1, 0.15) is 0 Å². The Hall–Kier alpha value is -2.21. The summed E-state index contributed by atoms with van der Waals surface area (Å²) < 4.78 is 5.20. The van der Waals surface area contributed by atoms with Crippen molar-refractivity contribution in [3.05, 3.63) is 36.3 Å². The van der Waals surface area contributed by atoms with Crippen molar-refractivity contribution < 1.29 is 14.4 Å². The van der Waals surface area contributed by atoms with Crippen molar-refractivity contribution >= 4 is 5.91 Å². The lowest BCUT2D eigenvalue weighted by Gasteiger charge is -2.25. The second kappa shape index (κ2) is 6.05. The van der Waals surface area contributed by atoms with E-state index in [0.29, 0.717) is 5.76 Å². The average Bonchev–Trinajstić information content (AvgIpc) is 3.00. The fourth-order valence-corrected chi connectivity index (χ4v) is 2.51. The van der Waals surface area contributed by atoms with Gasteiger partial charge in [-0.25, -0.2) is 0 Å². The van der Waals surface area contributed by atoms with Gasteiger partial charge in [0.25, 0.3) is 5.91 Å². The van der Waals surface area contributed by atoms with E-state index in [9.17, 15) is 9.90 Å². The van der Waals surface area contributed by atoms with Gasteiger partial charge in [0.05, 0.1) is 6.10 Å². The molecule has 0 aliphatic heterocycles. The Morgan fingerprint density at radius 2 is 1.95 bits per heavy atom. The molecule has 0 radical (unpaired) electrons. The zero-order chi connectivity index (χ0) is 14.7. The quantitative estimate of drug-likeness (QED) is 0.898. The largest absolute Gasteiger partial charge is 0.393 e. The predicted octanol–water partition coefficient (Wildman–Crippen LogP) is 1.77. The Morgan fingerprint density at radius 3 is 2.67 bits per heavy atom. The highest BCUT2D eigenvalue weighted by molar-refractivity contribution is 5.93. The summed E-state index contributed by atoms with van der Waals surface area (Å²) in [5.74, 6) is 0.307. The number of nitrogens with one attached hydrogen (secondary N) is 1. The van der Waals surface area contributed by atoms with E-state index in [1.54, 1.807) is 30.6 Å². The maximum atomic E-state index is 12.1. The summed E-state index contributed by atoms with van der Waals surface area (Å²) in [5, 5.41) is 16.2. The van der Waals surface area contributed by atoms with Crippen molar-refractivity contribution in [1.29, 1.82) is 0 Å². The summed E-state index contributed by atoms with van der Waals surface area (Å²) in [6.45, 7) is 0. The van der Waals surface area contributed by atoms with Gasteiger partial charge in [-0.1, -0.05) is 5.16 Å². The number of aliphatic hydroxyl groups is 1. The molecule has 0 atom stereocenters. The highest BCUT2D eigenvalue weighted by atomic mass is 16.5. The molecule has 2 aromatic rings. The lowest BCUT2D eigenvalue weighted by Crippen LogP contribution is -2.38. The van der Waals surface area contributed by atoms with Crippen molar-refractivity contribution in [2.75, 3.05) is 0 Å². The molecule has 0 aromatic carbocycles. The summed E-state index contributed by atoms with van der Waals surface area (Å²) in [7, 11) is 0. The SMILES string of the molecule is O=C(NC1CCC(O)CC1)c1cc(-c2ccncc2)on1. The molecule has 110 valence electrons. The minimum atomic E-state index is -0.236. The predicted molar refractivity (Wildman–Crippen MR) is 75.5 cm³/mol. The Labute approximate surface area is 122 Å². The van der Waals surface area contributed by atoms with Crippen LogP contribution in [-0.2, 0) is 0 Å². The number of pyridine rings is 1. The normalized spacial score (nSPS) is 22.0. The fraction of sp³-hybridized carbons (Fsp3) is 0.400. The van der Waals surface area contributed by atoms with Crippen LogP contribution in [0.5, 0.6) is 0 Å². The lowest BCUT2D eigenvalue weighted by molar-refractivity contribution is 0.0859. The second-order valence-electron chi connectivity index (χ2n) is 5.29. The van der Waals surface area contributed by atoms with Gasteiger partial charge < -0.3 is 14.9 Å². The highest BCUT2D eigenvalue weighted by Gasteiger charge is 2.22. The van der Waals surface area contributed by atoms with E-state index in [1.165, 1.54) is 0 Å². The smallest absolute Gasteiger partial charge is 0.273 e. The first-order chi connectivity index (χ1) is 10.2. The number of nitrogens with zero attached hydrogens (tertiary/aromatic N) is 2. The first-order valence-corrected chi connectivity index (χ1v) is 7.08. The number of rotatable bonds is 3. The summed E-state index contributed by atoms with van der Waals surface area (Å²) in [5.41, 5.74) is 1.10. The number of hydrogen-bond acceptors (Lipinski definition) is 5. The molecule has 1 saturated carbocycles. The van der Waals surface area contributed by atoms with E-state index < -0.39 is 0 Å². The molecule has 1 fully saturated rings. The third-order valence-corrected chi connectivity index (χ3v) is 3.74. The molecule has 0 bridgehead atoms. The fourth-order valence-electron chi connectivity index (χ4n) is 2.51. The molecule has 0 saturated heterocycles. The molecule has 21 heavy (non-hydrogen) atoms. The van der Waals surface area contributed by atoms with E-state index in [0.717, 1.165) is 31.2 Å². The van der Waals surface area contributed by atoms with Crippen molar-refractivity contribution in [2.24, 2.45) is 0 Å². The third-order valence-electron chi connectivity index (χ3n) is 3.74. The average molecular weight is 287 g/mol. The summed E-state index contributed by atoms with van der Waals surface area (Å²) in [4.78, 5) is 16.1. The molecule has 3 rings (SSSR count). The molecular weight excluding hydrogens is 270 g/mol. The Bertz CT molecular complexity index is 604. The van der Waals surface area contributed by atoms with Gasteiger partial charge in [0.2, 0.25) is 0 Å². The third kappa shape index (κ3) is 3.28. The van der Waals surface area contributed by atoms with Crippen LogP contribution in [0.4, 0.5) is 0 Å². The van der Waals surface area contributed by atoms with Crippen LogP contribution in [0.3, 0.4) is 0 Å². The minimum Gasteiger partial charge on any atom is -0.393 e. The van der Waals surface area contributed by atoms with Crippen molar-refractivity contribution in [3.63, 3.8) is 0 Å². The number of carbonyl (C=O) groups excluding carboxylic acids is 1. The number of carbonyl (C=O) groups is 1. The number of amides is 1. The Balaban J connectivity index is 1.64. The van der Waals surface area contributed by atoms with E-state index in [1.807, 2.05) is 0 Å². The maximum Gasteiger partial charge on any atom is 0.273 e. The van der Waals surface area contributed by atoms with Gasteiger partial charge in [-0.05, 0) is 37.8 Å². The van der Waals surface area contributed by atoms with Crippen molar-refractivity contribution in [1.82, 2.24) is 15.5 Å². The van der Waals surface area contributed by atoms with E-state index in [-0.39, 0.29) is 23.7 Å². The van der Waals surface area contributed by atoms with Crippen LogP contribution in [0.15, 0.2) is 35.1 Å². The van der Waals surface area contributed by atoms with Crippen molar-refractivity contribution in [2.45, 2.75) is 37.8 Å². The minimum absolute atomic E-state index is 0.0991. The molecule has 2 heterocycles. The van der Waals surface area contributed by atoms with Crippen LogP contribution in [0, 0.1) is 0 Å². The van der Waals surface area contributed by atoms with Gasteiger partial charge in [-0.3, -0.25) is 9.78 Å². The summed E-state index contributed by atoms with van der Waals surface area (Å²) >= 11 is 0. The van der Waals surface area contributed by atoms with Crippen LogP contribution >= 0.6 is 0 Å². The van der Waals surface area contributed by atoms with Gasteiger partial charge in [0, 0.05) is 30.1 Å². The molecule has 2 aromatic heterocycles. The molecule has 6 nitrogen and oxygen atoms in total. The lowest BCUT2D eigenvalue weighted by atomic mass is 9.93. The van der Waals surface area contributed by atoms with Crippen LogP contribution < -0.4 is 5.32 Å².